The smallest absolute Gasteiger partial charge is 0.266 e. The Morgan fingerprint density at radius 3 is 3.05 bits per heavy atom. The first-order valence-corrected chi connectivity index (χ1v) is 7.75. The lowest BCUT2D eigenvalue weighted by Gasteiger charge is -2.27. The highest BCUT2D eigenvalue weighted by Gasteiger charge is 2.19. The van der Waals surface area contributed by atoms with Gasteiger partial charge in [-0.2, -0.15) is 5.10 Å². The fourth-order valence-corrected chi connectivity index (χ4v) is 3.24. The molecule has 0 unspecified atom stereocenters. The lowest BCUT2D eigenvalue weighted by molar-refractivity contribution is 0.239. The van der Waals surface area contributed by atoms with Crippen LogP contribution in [0.1, 0.15) is 28.9 Å². The fourth-order valence-electron chi connectivity index (χ4n) is 2.50. The van der Waals surface area contributed by atoms with Gasteiger partial charge in [-0.15, -0.1) is 11.3 Å². The van der Waals surface area contributed by atoms with Crippen molar-refractivity contribution in [2.45, 2.75) is 32.9 Å². The predicted octanol–water partition coefficient (Wildman–Crippen LogP) is 1.36. The van der Waals surface area contributed by atoms with E-state index in [0.29, 0.717) is 0 Å². The van der Waals surface area contributed by atoms with Gasteiger partial charge in [0.2, 0.25) is 0 Å². The standard InChI is InChI=1S/C14H18N4OS/c1-3-13-15-11(9-20-13)8-18-5-4-12-10(7-18)6-14(19)17(2)16-12/h6,9H,3-5,7-8H2,1-2H3. The highest BCUT2D eigenvalue weighted by atomic mass is 32.1. The molecule has 1 aliphatic rings. The van der Waals surface area contributed by atoms with Gasteiger partial charge in [-0.25, -0.2) is 9.67 Å². The number of nitrogens with zero attached hydrogens (tertiary/aromatic N) is 4. The van der Waals surface area contributed by atoms with Gasteiger partial charge in [0.25, 0.3) is 5.56 Å². The van der Waals surface area contributed by atoms with Crippen LogP contribution in [0.15, 0.2) is 16.2 Å². The SMILES string of the molecule is CCc1nc(CN2CCc3nn(C)c(=O)cc3C2)cs1. The molecule has 0 saturated heterocycles. The molecule has 2 aromatic heterocycles. The highest BCUT2D eigenvalue weighted by molar-refractivity contribution is 7.09. The molecule has 0 bridgehead atoms. The molecule has 3 rings (SSSR count). The summed E-state index contributed by atoms with van der Waals surface area (Å²) in [7, 11) is 1.70. The molecule has 0 spiro atoms. The summed E-state index contributed by atoms with van der Waals surface area (Å²) in [6.07, 6.45) is 1.89. The van der Waals surface area contributed by atoms with Gasteiger partial charge in [0, 0.05) is 44.5 Å². The maximum atomic E-state index is 11.7. The molecule has 20 heavy (non-hydrogen) atoms. The van der Waals surface area contributed by atoms with Gasteiger partial charge < -0.3 is 0 Å². The van der Waals surface area contributed by atoms with E-state index < -0.39 is 0 Å². The fraction of sp³-hybridized carbons (Fsp3) is 0.500. The average molecular weight is 290 g/mol. The molecule has 2 aromatic rings. The molecule has 0 fully saturated rings. The monoisotopic (exact) mass is 290 g/mol. The van der Waals surface area contributed by atoms with Crippen molar-refractivity contribution < 1.29 is 0 Å². The largest absolute Gasteiger partial charge is 0.293 e. The molecule has 106 valence electrons. The molecule has 6 heteroatoms. The van der Waals surface area contributed by atoms with Crippen molar-refractivity contribution in [3.63, 3.8) is 0 Å². The molecule has 0 aromatic carbocycles. The van der Waals surface area contributed by atoms with E-state index in [0.717, 1.165) is 49.4 Å². The lowest BCUT2D eigenvalue weighted by atomic mass is 10.1. The summed E-state index contributed by atoms with van der Waals surface area (Å²) in [5.74, 6) is 0. The minimum Gasteiger partial charge on any atom is -0.293 e. The van der Waals surface area contributed by atoms with E-state index in [-0.39, 0.29) is 5.56 Å². The van der Waals surface area contributed by atoms with E-state index in [2.05, 4.69) is 27.3 Å². The first kappa shape index (κ1) is 13.5. The van der Waals surface area contributed by atoms with Gasteiger partial charge in [-0.3, -0.25) is 9.69 Å². The van der Waals surface area contributed by atoms with E-state index in [1.165, 1.54) is 9.69 Å². The molecule has 0 amide bonds. The summed E-state index contributed by atoms with van der Waals surface area (Å²) in [4.78, 5) is 18.6. The predicted molar refractivity (Wildman–Crippen MR) is 78.8 cm³/mol. The quantitative estimate of drug-likeness (QED) is 0.856. The second-order valence-corrected chi connectivity index (χ2v) is 6.07. The Kier molecular flexibility index (Phi) is 3.67. The topological polar surface area (TPSA) is 51.0 Å². The van der Waals surface area contributed by atoms with Gasteiger partial charge in [0.1, 0.15) is 0 Å². The van der Waals surface area contributed by atoms with Crippen LogP contribution in [-0.4, -0.2) is 26.2 Å². The van der Waals surface area contributed by atoms with Crippen LogP contribution >= 0.6 is 11.3 Å². The Morgan fingerprint density at radius 2 is 2.30 bits per heavy atom. The van der Waals surface area contributed by atoms with Crippen molar-refractivity contribution in [2.24, 2.45) is 7.05 Å². The molecule has 5 nitrogen and oxygen atoms in total. The Bertz CT molecular complexity index is 676. The summed E-state index contributed by atoms with van der Waals surface area (Å²) in [6.45, 7) is 4.74. The third-order valence-corrected chi connectivity index (χ3v) is 4.65. The average Bonchev–Trinajstić information content (AvgIpc) is 2.88. The van der Waals surface area contributed by atoms with Crippen molar-refractivity contribution in [3.8, 4) is 0 Å². The van der Waals surface area contributed by atoms with Crippen LogP contribution in [0.25, 0.3) is 0 Å². The van der Waals surface area contributed by atoms with Crippen molar-refractivity contribution >= 4 is 11.3 Å². The number of hydrogen-bond donors (Lipinski definition) is 0. The van der Waals surface area contributed by atoms with Gasteiger partial charge in [-0.05, 0) is 12.0 Å². The minimum atomic E-state index is -0.0347. The zero-order valence-electron chi connectivity index (χ0n) is 11.8. The van der Waals surface area contributed by atoms with Crippen LogP contribution in [0.2, 0.25) is 0 Å². The number of hydrogen-bond acceptors (Lipinski definition) is 5. The van der Waals surface area contributed by atoms with Crippen molar-refractivity contribution in [1.82, 2.24) is 19.7 Å². The van der Waals surface area contributed by atoms with E-state index in [4.69, 9.17) is 0 Å². The van der Waals surface area contributed by atoms with Crippen molar-refractivity contribution in [2.75, 3.05) is 6.54 Å². The Hall–Kier alpha value is -1.53. The zero-order valence-corrected chi connectivity index (χ0v) is 12.6. The molecule has 0 N–H and O–H groups in total. The zero-order chi connectivity index (χ0) is 14.1. The molecule has 3 heterocycles. The van der Waals surface area contributed by atoms with Crippen LogP contribution in [-0.2, 0) is 33.0 Å². The lowest BCUT2D eigenvalue weighted by Crippen LogP contribution is -2.34. The first-order valence-electron chi connectivity index (χ1n) is 6.87. The molecule has 0 saturated carbocycles. The van der Waals surface area contributed by atoms with Crippen LogP contribution in [0.3, 0.4) is 0 Å². The van der Waals surface area contributed by atoms with E-state index in [1.54, 1.807) is 24.5 Å². The number of rotatable bonds is 3. The molecule has 0 aliphatic carbocycles. The van der Waals surface area contributed by atoms with Crippen LogP contribution in [0.5, 0.6) is 0 Å². The second-order valence-electron chi connectivity index (χ2n) is 5.12. The molecule has 0 radical (unpaired) electrons. The van der Waals surface area contributed by atoms with E-state index in [9.17, 15) is 4.79 Å². The Morgan fingerprint density at radius 1 is 1.45 bits per heavy atom. The molecule has 0 atom stereocenters. The summed E-state index contributed by atoms with van der Waals surface area (Å²) in [5, 5.41) is 7.66. The van der Waals surface area contributed by atoms with E-state index in [1.807, 2.05) is 0 Å². The van der Waals surface area contributed by atoms with Gasteiger partial charge in [0.05, 0.1) is 16.4 Å². The summed E-state index contributed by atoms with van der Waals surface area (Å²) in [5.41, 5.74) is 3.21. The van der Waals surface area contributed by atoms with Gasteiger partial charge >= 0.3 is 0 Å². The Labute approximate surface area is 121 Å². The molecular formula is C14H18N4OS. The van der Waals surface area contributed by atoms with Gasteiger partial charge in [0.15, 0.2) is 0 Å². The van der Waals surface area contributed by atoms with E-state index >= 15 is 0 Å². The number of aryl methyl sites for hydroxylation is 2. The maximum absolute atomic E-state index is 11.7. The van der Waals surface area contributed by atoms with Crippen LogP contribution in [0.4, 0.5) is 0 Å². The van der Waals surface area contributed by atoms with Crippen LogP contribution < -0.4 is 5.56 Å². The minimum absolute atomic E-state index is 0.0347. The number of aromatic nitrogens is 3. The van der Waals surface area contributed by atoms with Crippen molar-refractivity contribution in [3.05, 3.63) is 43.8 Å². The Balaban J connectivity index is 1.75. The summed E-state index contributed by atoms with van der Waals surface area (Å²) >= 11 is 1.72. The number of fused-ring (bicyclic) bond motifs is 1. The van der Waals surface area contributed by atoms with Crippen molar-refractivity contribution in [1.29, 1.82) is 0 Å². The normalized spacial score (nSPS) is 15.3. The number of thiazole rings is 1. The molecular weight excluding hydrogens is 272 g/mol. The summed E-state index contributed by atoms with van der Waals surface area (Å²) in [6, 6.07) is 1.72. The third-order valence-electron chi connectivity index (χ3n) is 3.60. The van der Waals surface area contributed by atoms with Gasteiger partial charge in [-0.1, -0.05) is 6.92 Å². The molecule has 1 aliphatic heterocycles. The maximum Gasteiger partial charge on any atom is 0.266 e. The summed E-state index contributed by atoms with van der Waals surface area (Å²) < 4.78 is 1.42. The second kappa shape index (κ2) is 5.46. The third kappa shape index (κ3) is 2.66. The highest BCUT2D eigenvalue weighted by Crippen LogP contribution is 2.18. The van der Waals surface area contributed by atoms with Crippen LogP contribution in [0, 0.1) is 0 Å². The first-order chi connectivity index (χ1) is 9.65.